The zero-order valence-corrected chi connectivity index (χ0v) is 7.15. The molecule has 60 valence electrons. The average molecular weight is 162 g/mol. The summed E-state index contributed by atoms with van der Waals surface area (Å²) in [6.07, 6.45) is 3.96. The van der Waals surface area contributed by atoms with E-state index in [0.29, 0.717) is 5.75 Å². The van der Waals surface area contributed by atoms with Gasteiger partial charge in [0.05, 0.1) is 5.75 Å². The van der Waals surface area contributed by atoms with Crippen LogP contribution in [0.5, 0.6) is 0 Å². The molecular formula is C7H14O2S. The molecule has 0 radical (unpaired) electrons. The predicted molar refractivity (Wildman–Crippen MR) is 43.5 cm³/mol. The van der Waals surface area contributed by atoms with Crippen LogP contribution in [-0.4, -0.2) is 22.0 Å². The van der Waals surface area contributed by atoms with Gasteiger partial charge in [-0.1, -0.05) is 19.8 Å². The zero-order chi connectivity index (χ0) is 7.82. The lowest BCUT2D eigenvalue weighted by molar-refractivity contribution is -0.105. The highest BCUT2D eigenvalue weighted by atomic mass is 32.2. The van der Waals surface area contributed by atoms with Crippen molar-refractivity contribution >= 4 is 17.1 Å². The highest BCUT2D eigenvalue weighted by Crippen LogP contribution is 1.95. The number of unbranched alkanes of at least 4 members (excludes halogenated alkanes) is 2. The summed E-state index contributed by atoms with van der Waals surface area (Å²) < 4.78 is 10.8. The number of hydrogen-bond acceptors (Lipinski definition) is 2. The van der Waals surface area contributed by atoms with E-state index in [2.05, 4.69) is 6.92 Å². The highest BCUT2D eigenvalue weighted by molar-refractivity contribution is 7.85. The van der Waals surface area contributed by atoms with Crippen molar-refractivity contribution < 1.29 is 9.00 Å². The van der Waals surface area contributed by atoms with Gasteiger partial charge in [0.1, 0.15) is 6.29 Å². The molecule has 0 aliphatic rings. The minimum atomic E-state index is -0.890. The number of carbonyl (C=O) groups excluding carboxylic acids is 1. The number of aldehydes is 1. The Kier molecular flexibility index (Phi) is 6.81. The van der Waals surface area contributed by atoms with E-state index in [1.54, 1.807) is 0 Å². The van der Waals surface area contributed by atoms with Gasteiger partial charge in [-0.3, -0.25) is 4.21 Å². The Hall–Kier alpha value is -0.180. The molecule has 10 heavy (non-hydrogen) atoms. The van der Waals surface area contributed by atoms with Crippen LogP contribution in [0.1, 0.15) is 26.2 Å². The van der Waals surface area contributed by atoms with E-state index in [1.807, 2.05) is 0 Å². The van der Waals surface area contributed by atoms with Crippen molar-refractivity contribution in [1.82, 2.24) is 0 Å². The summed E-state index contributed by atoms with van der Waals surface area (Å²) >= 11 is 0. The summed E-state index contributed by atoms with van der Waals surface area (Å²) in [5, 5.41) is 0. The van der Waals surface area contributed by atoms with Crippen LogP contribution in [0.15, 0.2) is 0 Å². The summed E-state index contributed by atoms with van der Waals surface area (Å²) in [4.78, 5) is 9.85. The molecule has 0 saturated heterocycles. The standard InChI is InChI=1S/C7H14O2S/c1-2-3-4-6-10(9)7-5-8/h5H,2-4,6-7H2,1H3. The van der Waals surface area contributed by atoms with E-state index < -0.39 is 10.8 Å². The number of carbonyl (C=O) groups is 1. The fourth-order valence-corrected chi connectivity index (χ4v) is 1.52. The maximum Gasteiger partial charge on any atom is 0.132 e. The zero-order valence-electron chi connectivity index (χ0n) is 6.34. The first kappa shape index (κ1) is 9.82. The Labute approximate surface area is 64.5 Å². The van der Waals surface area contributed by atoms with E-state index >= 15 is 0 Å². The summed E-state index contributed by atoms with van der Waals surface area (Å²) in [6.45, 7) is 2.10. The lowest BCUT2D eigenvalue weighted by Gasteiger charge is -1.94. The molecule has 0 aromatic rings. The van der Waals surface area contributed by atoms with E-state index in [1.165, 1.54) is 0 Å². The van der Waals surface area contributed by atoms with Gasteiger partial charge in [-0.25, -0.2) is 0 Å². The van der Waals surface area contributed by atoms with Gasteiger partial charge in [0.2, 0.25) is 0 Å². The van der Waals surface area contributed by atoms with Gasteiger partial charge in [-0.05, 0) is 6.42 Å². The van der Waals surface area contributed by atoms with Crippen LogP contribution in [-0.2, 0) is 15.6 Å². The van der Waals surface area contributed by atoms with E-state index in [9.17, 15) is 9.00 Å². The maximum atomic E-state index is 10.8. The van der Waals surface area contributed by atoms with Crippen LogP contribution in [0.3, 0.4) is 0 Å². The Balaban J connectivity index is 3.13. The molecule has 0 saturated carbocycles. The van der Waals surface area contributed by atoms with E-state index in [0.717, 1.165) is 25.5 Å². The smallest absolute Gasteiger partial charge is 0.132 e. The third kappa shape index (κ3) is 5.95. The molecule has 0 aliphatic carbocycles. The summed E-state index contributed by atoms with van der Waals surface area (Å²) in [6, 6.07) is 0. The molecule has 0 N–H and O–H groups in total. The summed E-state index contributed by atoms with van der Waals surface area (Å²) in [5.74, 6) is 0.899. The minimum Gasteiger partial charge on any atom is -0.302 e. The van der Waals surface area contributed by atoms with Gasteiger partial charge >= 0.3 is 0 Å². The number of hydrogen-bond donors (Lipinski definition) is 0. The molecule has 3 heteroatoms. The average Bonchev–Trinajstić information content (AvgIpc) is 1.89. The topological polar surface area (TPSA) is 34.1 Å². The Bertz CT molecular complexity index is 112. The lowest BCUT2D eigenvalue weighted by atomic mass is 10.3. The van der Waals surface area contributed by atoms with Crippen molar-refractivity contribution in [3.63, 3.8) is 0 Å². The van der Waals surface area contributed by atoms with Crippen LogP contribution in [0.25, 0.3) is 0 Å². The van der Waals surface area contributed by atoms with Crippen molar-refractivity contribution in [2.75, 3.05) is 11.5 Å². The summed E-state index contributed by atoms with van der Waals surface area (Å²) in [5.41, 5.74) is 0. The maximum absolute atomic E-state index is 10.8. The molecule has 1 unspecified atom stereocenters. The first-order valence-electron chi connectivity index (χ1n) is 3.60. The van der Waals surface area contributed by atoms with Crippen LogP contribution in [0.4, 0.5) is 0 Å². The van der Waals surface area contributed by atoms with Gasteiger partial charge in [0.25, 0.3) is 0 Å². The monoisotopic (exact) mass is 162 g/mol. The van der Waals surface area contributed by atoms with Crippen molar-refractivity contribution in [3.8, 4) is 0 Å². The van der Waals surface area contributed by atoms with Gasteiger partial charge in [-0.15, -0.1) is 0 Å². The van der Waals surface area contributed by atoms with Gasteiger partial charge in [0.15, 0.2) is 0 Å². The second-order valence-corrected chi connectivity index (χ2v) is 3.81. The molecule has 0 rings (SSSR count). The SMILES string of the molecule is CCCCCS(=O)CC=O. The van der Waals surface area contributed by atoms with E-state index in [4.69, 9.17) is 0 Å². The van der Waals surface area contributed by atoms with Gasteiger partial charge in [0, 0.05) is 16.6 Å². The van der Waals surface area contributed by atoms with Crippen molar-refractivity contribution in [3.05, 3.63) is 0 Å². The first-order chi connectivity index (χ1) is 4.81. The second-order valence-electron chi connectivity index (χ2n) is 2.18. The Morgan fingerprint density at radius 2 is 2.10 bits per heavy atom. The molecule has 0 heterocycles. The fraction of sp³-hybridized carbons (Fsp3) is 0.857. The predicted octanol–water partition coefficient (Wildman–Crippen LogP) is 1.12. The molecule has 2 nitrogen and oxygen atoms in total. The van der Waals surface area contributed by atoms with Crippen LogP contribution < -0.4 is 0 Å². The van der Waals surface area contributed by atoms with Crippen LogP contribution >= 0.6 is 0 Å². The van der Waals surface area contributed by atoms with Crippen molar-refractivity contribution in [1.29, 1.82) is 0 Å². The highest BCUT2D eigenvalue weighted by Gasteiger charge is 1.95. The third-order valence-corrected chi connectivity index (χ3v) is 2.48. The molecule has 0 fully saturated rings. The summed E-state index contributed by atoms with van der Waals surface area (Å²) in [7, 11) is -0.890. The largest absolute Gasteiger partial charge is 0.302 e. The molecule has 0 aromatic heterocycles. The van der Waals surface area contributed by atoms with Crippen molar-refractivity contribution in [2.45, 2.75) is 26.2 Å². The van der Waals surface area contributed by atoms with Gasteiger partial charge < -0.3 is 4.79 Å². The van der Waals surface area contributed by atoms with E-state index in [-0.39, 0.29) is 5.75 Å². The molecule has 0 aliphatic heterocycles. The molecule has 0 aromatic carbocycles. The third-order valence-electron chi connectivity index (χ3n) is 1.23. The molecule has 0 spiro atoms. The Morgan fingerprint density at radius 3 is 2.60 bits per heavy atom. The fourth-order valence-electron chi connectivity index (χ4n) is 0.672. The first-order valence-corrected chi connectivity index (χ1v) is 5.08. The van der Waals surface area contributed by atoms with Crippen LogP contribution in [0.2, 0.25) is 0 Å². The second kappa shape index (κ2) is 6.93. The van der Waals surface area contributed by atoms with Gasteiger partial charge in [-0.2, -0.15) is 0 Å². The molecular weight excluding hydrogens is 148 g/mol. The van der Waals surface area contributed by atoms with Crippen LogP contribution in [0, 0.1) is 0 Å². The Morgan fingerprint density at radius 1 is 1.40 bits per heavy atom. The molecule has 1 atom stereocenters. The minimum absolute atomic E-state index is 0.212. The lowest BCUT2D eigenvalue weighted by Crippen LogP contribution is -2.02. The normalized spacial score (nSPS) is 12.9. The molecule has 0 amide bonds. The number of rotatable bonds is 6. The quantitative estimate of drug-likeness (QED) is 0.433. The molecule has 0 bridgehead atoms. The van der Waals surface area contributed by atoms with Crippen molar-refractivity contribution in [2.24, 2.45) is 0 Å².